The molecule has 0 saturated heterocycles. The standard InChI is InChI=1S/C27H26ClN3O/c1-19(7-8-20(2)28)17-25(26(30)15-16-29)21-10-13-24(14-11-21)32-18-23-12-9-22-5-3-4-6-27(22)31-23/h3-14,16-17,29-30H,15,18H2,1-2H3/b19-7+,20-8?,25-17+,29-16?,30-26?. The van der Waals surface area contributed by atoms with E-state index in [1.54, 1.807) is 0 Å². The highest BCUT2D eigenvalue weighted by Gasteiger charge is 2.09. The number of ether oxygens (including phenoxy) is 1. The lowest BCUT2D eigenvalue weighted by Gasteiger charge is -2.11. The number of aromatic nitrogens is 1. The summed E-state index contributed by atoms with van der Waals surface area (Å²) in [6.45, 7) is 4.16. The van der Waals surface area contributed by atoms with Crippen LogP contribution in [-0.2, 0) is 6.61 Å². The van der Waals surface area contributed by atoms with Crippen molar-refractivity contribution in [2.45, 2.75) is 26.9 Å². The number of halogens is 1. The summed E-state index contributed by atoms with van der Waals surface area (Å²) in [5.74, 6) is 0.731. The van der Waals surface area contributed by atoms with Crippen LogP contribution >= 0.6 is 11.6 Å². The van der Waals surface area contributed by atoms with Crippen molar-refractivity contribution in [1.82, 2.24) is 4.98 Å². The predicted molar refractivity (Wildman–Crippen MR) is 135 cm³/mol. The molecule has 1 heterocycles. The summed E-state index contributed by atoms with van der Waals surface area (Å²) < 4.78 is 5.92. The summed E-state index contributed by atoms with van der Waals surface area (Å²) in [7, 11) is 0. The number of para-hydroxylation sites is 1. The summed E-state index contributed by atoms with van der Waals surface area (Å²) in [4.78, 5) is 4.64. The Morgan fingerprint density at radius 3 is 2.47 bits per heavy atom. The zero-order valence-electron chi connectivity index (χ0n) is 18.2. The van der Waals surface area contributed by atoms with Crippen molar-refractivity contribution >= 4 is 40.0 Å². The van der Waals surface area contributed by atoms with Gasteiger partial charge in [-0.2, -0.15) is 0 Å². The molecule has 32 heavy (non-hydrogen) atoms. The van der Waals surface area contributed by atoms with E-state index in [0.29, 0.717) is 17.4 Å². The van der Waals surface area contributed by atoms with E-state index in [9.17, 15) is 0 Å². The van der Waals surface area contributed by atoms with Gasteiger partial charge in [0.1, 0.15) is 12.4 Å². The van der Waals surface area contributed by atoms with Gasteiger partial charge < -0.3 is 15.6 Å². The first kappa shape index (κ1) is 23.2. The number of rotatable bonds is 9. The molecule has 0 fully saturated rings. The van der Waals surface area contributed by atoms with E-state index < -0.39 is 0 Å². The van der Waals surface area contributed by atoms with Gasteiger partial charge in [0.25, 0.3) is 0 Å². The largest absolute Gasteiger partial charge is 0.487 e. The monoisotopic (exact) mass is 443 g/mol. The highest BCUT2D eigenvalue weighted by atomic mass is 35.5. The molecule has 0 aliphatic rings. The Morgan fingerprint density at radius 2 is 1.75 bits per heavy atom. The minimum atomic E-state index is 0.273. The number of pyridine rings is 1. The highest BCUT2D eigenvalue weighted by Crippen LogP contribution is 2.23. The quantitative estimate of drug-likeness (QED) is 0.268. The zero-order valence-corrected chi connectivity index (χ0v) is 19.0. The lowest BCUT2D eigenvalue weighted by molar-refractivity contribution is 0.302. The fourth-order valence-electron chi connectivity index (χ4n) is 3.16. The van der Waals surface area contributed by atoms with Crippen LogP contribution < -0.4 is 4.74 Å². The van der Waals surface area contributed by atoms with E-state index in [1.165, 1.54) is 6.21 Å². The van der Waals surface area contributed by atoms with E-state index >= 15 is 0 Å². The van der Waals surface area contributed by atoms with Gasteiger partial charge >= 0.3 is 0 Å². The second-order valence-electron chi connectivity index (χ2n) is 7.42. The molecular weight excluding hydrogens is 418 g/mol. The molecule has 0 saturated carbocycles. The molecule has 162 valence electrons. The van der Waals surface area contributed by atoms with Gasteiger partial charge in [-0.15, -0.1) is 0 Å². The Labute approximate surface area is 193 Å². The fourth-order valence-corrected chi connectivity index (χ4v) is 3.22. The normalized spacial score (nSPS) is 12.7. The molecule has 0 aliphatic heterocycles. The van der Waals surface area contributed by atoms with Crippen LogP contribution in [-0.4, -0.2) is 16.9 Å². The molecule has 5 heteroatoms. The summed E-state index contributed by atoms with van der Waals surface area (Å²) >= 11 is 5.91. The van der Waals surface area contributed by atoms with Gasteiger partial charge in [-0.3, -0.25) is 0 Å². The molecule has 1 aromatic heterocycles. The summed E-state index contributed by atoms with van der Waals surface area (Å²) in [6, 6.07) is 19.7. The van der Waals surface area contributed by atoms with Crippen molar-refractivity contribution in [3.63, 3.8) is 0 Å². The van der Waals surface area contributed by atoms with Crippen molar-refractivity contribution in [2.75, 3.05) is 0 Å². The van der Waals surface area contributed by atoms with Crippen LogP contribution in [0.5, 0.6) is 5.75 Å². The van der Waals surface area contributed by atoms with Crippen LogP contribution in [0.1, 0.15) is 31.5 Å². The van der Waals surface area contributed by atoms with Crippen molar-refractivity contribution in [3.8, 4) is 5.75 Å². The smallest absolute Gasteiger partial charge is 0.130 e. The number of hydrogen-bond acceptors (Lipinski definition) is 4. The van der Waals surface area contributed by atoms with Gasteiger partial charge in [-0.25, -0.2) is 4.98 Å². The SMILES string of the molecule is CC(Cl)=C/C=C(C)/C=C(/C(=N)CC=N)c1ccc(OCc2ccc3ccccc3n2)cc1. The van der Waals surface area contributed by atoms with Crippen molar-refractivity contribution in [1.29, 1.82) is 10.8 Å². The third-order valence-corrected chi connectivity index (χ3v) is 4.91. The number of nitrogens with one attached hydrogen (secondary N) is 2. The predicted octanol–water partition coefficient (Wildman–Crippen LogP) is 7.35. The minimum absolute atomic E-state index is 0.273. The lowest BCUT2D eigenvalue weighted by Crippen LogP contribution is -2.02. The van der Waals surface area contributed by atoms with Crippen LogP contribution in [0.4, 0.5) is 0 Å². The molecule has 0 spiro atoms. The maximum atomic E-state index is 8.38. The first-order valence-electron chi connectivity index (χ1n) is 10.3. The van der Waals surface area contributed by atoms with Crippen LogP contribution in [0.25, 0.3) is 16.5 Å². The minimum Gasteiger partial charge on any atom is -0.487 e. The topological polar surface area (TPSA) is 69.8 Å². The second-order valence-corrected chi connectivity index (χ2v) is 8.01. The van der Waals surface area contributed by atoms with E-state index in [0.717, 1.165) is 39.1 Å². The average Bonchev–Trinajstić information content (AvgIpc) is 2.80. The molecule has 0 bridgehead atoms. The van der Waals surface area contributed by atoms with Crippen molar-refractivity contribution < 1.29 is 4.74 Å². The van der Waals surface area contributed by atoms with Crippen LogP contribution in [0, 0.1) is 10.8 Å². The van der Waals surface area contributed by atoms with Crippen LogP contribution in [0.3, 0.4) is 0 Å². The van der Waals surface area contributed by atoms with Gasteiger partial charge in [0.05, 0.1) is 11.2 Å². The molecule has 3 aromatic rings. The molecule has 2 aromatic carbocycles. The summed E-state index contributed by atoms with van der Waals surface area (Å²) in [5.41, 5.74) is 4.83. The molecule has 3 rings (SSSR count). The molecule has 0 amide bonds. The Balaban J connectivity index is 1.76. The molecule has 0 atom stereocenters. The third-order valence-electron chi connectivity index (χ3n) is 4.79. The molecule has 2 N–H and O–H groups in total. The third kappa shape index (κ3) is 6.50. The summed E-state index contributed by atoms with van der Waals surface area (Å²) in [6.07, 6.45) is 7.19. The number of allylic oxidation sites excluding steroid dienone is 6. The van der Waals surface area contributed by atoms with Gasteiger partial charge in [0.15, 0.2) is 0 Å². The number of nitrogens with zero attached hydrogens (tertiary/aromatic N) is 1. The van der Waals surface area contributed by atoms with Gasteiger partial charge in [0, 0.05) is 34.3 Å². The molecule has 0 radical (unpaired) electrons. The lowest BCUT2D eigenvalue weighted by atomic mass is 9.97. The Morgan fingerprint density at radius 1 is 1.00 bits per heavy atom. The Bertz CT molecular complexity index is 1200. The van der Waals surface area contributed by atoms with Gasteiger partial charge in [-0.1, -0.05) is 59.6 Å². The van der Waals surface area contributed by atoms with E-state index in [2.05, 4.69) is 4.98 Å². The van der Waals surface area contributed by atoms with Crippen LogP contribution in [0.2, 0.25) is 0 Å². The average molecular weight is 444 g/mol. The van der Waals surface area contributed by atoms with Gasteiger partial charge in [0.2, 0.25) is 0 Å². The van der Waals surface area contributed by atoms with E-state index in [4.69, 9.17) is 27.2 Å². The molecule has 4 nitrogen and oxygen atoms in total. The number of hydrogen-bond donors (Lipinski definition) is 2. The second kappa shape index (κ2) is 11.2. The first-order valence-corrected chi connectivity index (χ1v) is 10.7. The Kier molecular flexibility index (Phi) is 8.12. The van der Waals surface area contributed by atoms with Gasteiger partial charge in [-0.05, 0) is 55.8 Å². The highest BCUT2D eigenvalue weighted by molar-refractivity contribution is 6.29. The maximum Gasteiger partial charge on any atom is 0.130 e. The maximum absolute atomic E-state index is 8.38. The number of benzene rings is 2. The van der Waals surface area contributed by atoms with Crippen molar-refractivity contribution in [2.24, 2.45) is 0 Å². The fraction of sp³-hybridized carbons (Fsp3) is 0.148. The number of fused-ring (bicyclic) bond motifs is 1. The first-order chi connectivity index (χ1) is 15.5. The zero-order chi connectivity index (χ0) is 22.9. The van der Waals surface area contributed by atoms with E-state index in [1.807, 2.05) is 92.7 Å². The molecule has 0 aliphatic carbocycles. The summed E-state index contributed by atoms with van der Waals surface area (Å²) in [5, 5.41) is 17.5. The van der Waals surface area contributed by atoms with Crippen molar-refractivity contribution in [3.05, 3.63) is 101 Å². The molecular formula is C27H26ClN3O. The van der Waals surface area contributed by atoms with Crippen LogP contribution in [0.15, 0.2) is 89.5 Å². The molecule has 0 unspecified atom stereocenters. The van der Waals surface area contributed by atoms with E-state index in [-0.39, 0.29) is 6.42 Å². The Hall–Kier alpha value is -3.50.